The molecule has 3 heteroatoms. The monoisotopic (exact) mass is 266 g/mol. The quantitative estimate of drug-likeness (QED) is 0.881. The first-order valence-electron chi connectivity index (χ1n) is 7.08. The van der Waals surface area contributed by atoms with Gasteiger partial charge in [0.15, 0.2) is 0 Å². The van der Waals surface area contributed by atoms with Crippen LogP contribution >= 0.6 is 11.3 Å². The first kappa shape index (κ1) is 14.0. The lowest BCUT2D eigenvalue weighted by Crippen LogP contribution is -2.47. The predicted molar refractivity (Wildman–Crippen MR) is 80.5 cm³/mol. The Morgan fingerprint density at radius 3 is 2.72 bits per heavy atom. The van der Waals surface area contributed by atoms with Crippen molar-refractivity contribution in [3.8, 4) is 0 Å². The van der Waals surface area contributed by atoms with Crippen molar-refractivity contribution < 1.29 is 0 Å². The molecule has 0 aromatic carbocycles. The van der Waals surface area contributed by atoms with Gasteiger partial charge >= 0.3 is 0 Å². The van der Waals surface area contributed by atoms with E-state index in [9.17, 15) is 0 Å². The topological polar surface area (TPSA) is 15.3 Å². The van der Waals surface area contributed by atoms with Crippen LogP contribution in [0.3, 0.4) is 0 Å². The molecule has 2 heterocycles. The van der Waals surface area contributed by atoms with Crippen LogP contribution in [0.2, 0.25) is 0 Å². The van der Waals surface area contributed by atoms with E-state index in [0.717, 1.165) is 13.1 Å². The van der Waals surface area contributed by atoms with Gasteiger partial charge in [0.25, 0.3) is 0 Å². The maximum absolute atomic E-state index is 3.42. The molecule has 1 atom stereocenters. The van der Waals surface area contributed by atoms with E-state index < -0.39 is 0 Å². The second kappa shape index (κ2) is 6.18. The number of rotatable bonds is 5. The summed E-state index contributed by atoms with van der Waals surface area (Å²) < 4.78 is 0. The molecule has 2 nitrogen and oxygen atoms in total. The van der Waals surface area contributed by atoms with Crippen molar-refractivity contribution in [2.75, 3.05) is 26.2 Å². The summed E-state index contributed by atoms with van der Waals surface area (Å²) in [7, 11) is 0. The molecule has 0 amide bonds. The molecule has 0 radical (unpaired) electrons. The molecule has 0 spiro atoms. The number of nitrogens with zero attached hydrogens (tertiary/aromatic N) is 1. The minimum Gasteiger partial charge on any atom is -0.314 e. The first-order chi connectivity index (χ1) is 8.59. The third-order valence-corrected chi connectivity index (χ3v) is 5.39. The highest BCUT2D eigenvalue weighted by Crippen LogP contribution is 2.32. The minimum absolute atomic E-state index is 0.330. The van der Waals surface area contributed by atoms with Crippen molar-refractivity contribution in [3.63, 3.8) is 0 Å². The summed E-state index contributed by atoms with van der Waals surface area (Å²) in [6, 6.07) is 5.16. The molecule has 1 unspecified atom stereocenters. The Kier molecular flexibility index (Phi) is 4.82. The fraction of sp³-hybridized carbons (Fsp3) is 0.733. The lowest BCUT2D eigenvalue weighted by atomic mass is 9.84. The molecular formula is C15H26N2S. The molecule has 18 heavy (non-hydrogen) atoms. The van der Waals surface area contributed by atoms with Crippen molar-refractivity contribution in [2.45, 2.75) is 45.1 Å². The van der Waals surface area contributed by atoms with Crippen LogP contribution in [0.4, 0.5) is 0 Å². The summed E-state index contributed by atoms with van der Waals surface area (Å²) in [5.74, 6) is 0. The van der Waals surface area contributed by atoms with E-state index in [1.165, 1.54) is 30.8 Å². The van der Waals surface area contributed by atoms with Crippen LogP contribution in [0.15, 0.2) is 17.5 Å². The fourth-order valence-corrected chi connectivity index (χ4v) is 3.54. The fourth-order valence-electron chi connectivity index (χ4n) is 2.66. The standard InChI is InChI=1S/C15H26N2S/c1-13(17-10-8-16-9-11-17)6-7-15(2,3)14-5-4-12-18-14/h4-5,12-13,16H,6-11H2,1-3H3. The van der Waals surface area contributed by atoms with Crippen molar-refractivity contribution in [2.24, 2.45) is 0 Å². The number of nitrogens with one attached hydrogen (secondary N) is 1. The van der Waals surface area contributed by atoms with E-state index in [1.807, 2.05) is 11.3 Å². The number of piperazine rings is 1. The number of hydrogen-bond acceptors (Lipinski definition) is 3. The molecular weight excluding hydrogens is 240 g/mol. The number of thiophene rings is 1. The molecule has 1 aromatic heterocycles. The largest absolute Gasteiger partial charge is 0.314 e. The summed E-state index contributed by atoms with van der Waals surface area (Å²) in [5, 5.41) is 5.62. The Hall–Kier alpha value is -0.380. The molecule has 0 aliphatic carbocycles. The molecule has 1 fully saturated rings. The molecule has 0 bridgehead atoms. The van der Waals surface area contributed by atoms with E-state index in [2.05, 4.69) is 48.5 Å². The third-order valence-electron chi connectivity index (χ3n) is 4.15. The molecule has 1 aliphatic heterocycles. The molecule has 2 rings (SSSR count). The van der Waals surface area contributed by atoms with Crippen LogP contribution < -0.4 is 5.32 Å². The van der Waals surface area contributed by atoms with Crippen LogP contribution in [-0.2, 0) is 5.41 Å². The van der Waals surface area contributed by atoms with Crippen LogP contribution in [0, 0.1) is 0 Å². The lowest BCUT2D eigenvalue weighted by Gasteiger charge is -2.34. The van der Waals surface area contributed by atoms with E-state index in [1.54, 1.807) is 0 Å². The SMILES string of the molecule is CC(CCC(C)(C)c1cccs1)N1CCNCC1. The van der Waals surface area contributed by atoms with Gasteiger partial charge in [-0.15, -0.1) is 11.3 Å². The first-order valence-corrected chi connectivity index (χ1v) is 7.96. The van der Waals surface area contributed by atoms with Crippen LogP contribution in [-0.4, -0.2) is 37.1 Å². The predicted octanol–water partition coefficient (Wildman–Crippen LogP) is 3.10. The van der Waals surface area contributed by atoms with Gasteiger partial charge in [-0.2, -0.15) is 0 Å². The summed E-state index contributed by atoms with van der Waals surface area (Å²) >= 11 is 1.89. The molecule has 102 valence electrons. The van der Waals surface area contributed by atoms with Gasteiger partial charge in [-0.3, -0.25) is 4.90 Å². The second-order valence-corrected chi connectivity index (χ2v) is 6.98. The highest BCUT2D eigenvalue weighted by Gasteiger charge is 2.24. The van der Waals surface area contributed by atoms with Gasteiger partial charge in [-0.1, -0.05) is 19.9 Å². The van der Waals surface area contributed by atoms with E-state index in [4.69, 9.17) is 0 Å². The van der Waals surface area contributed by atoms with Crippen molar-refractivity contribution in [1.29, 1.82) is 0 Å². The van der Waals surface area contributed by atoms with Crippen molar-refractivity contribution in [3.05, 3.63) is 22.4 Å². The maximum Gasteiger partial charge on any atom is 0.0110 e. The summed E-state index contributed by atoms with van der Waals surface area (Å²) in [4.78, 5) is 4.15. The summed E-state index contributed by atoms with van der Waals surface area (Å²) in [5.41, 5.74) is 0.330. The zero-order chi connectivity index (χ0) is 13.0. The van der Waals surface area contributed by atoms with Crippen LogP contribution in [0.1, 0.15) is 38.5 Å². The Morgan fingerprint density at radius 2 is 2.11 bits per heavy atom. The van der Waals surface area contributed by atoms with Gasteiger partial charge in [0.2, 0.25) is 0 Å². The Bertz CT molecular complexity index is 339. The smallest absolute Gasteiger partial charge is 0.0110 e. The van der Waals surface area contributed by atoms with Gasteiger partial charge in [0.1, 0.15) is 0 Å². The zero-order valence-corrected chi connectivity index (χ0v) is 12.7. The Balaban J connectivity index is 1.83. The average molecular weight is 266 g/mol. The van der Waals surface area contributed by atoms with E-state index >= 15 is 0 Å². The lowest BCUT2D eigenvalue weighted by molar-refractivity contribution is 0.168. The van der Waals surface area contributed by atoms with E-state index in [-0.39, 0.29) is 0 Å². The summed E-state index contributed by atoms with van der Waals surface area (Å²) in [6.07, 6.45) is 2.57. The van der Waals surface area contributed by atoms with Gasteiger partial charge in [-0.25, -0.2) is 0 Å². The molecule has 1 aromatic rings. The molecule has 1 aliphatic rings. The van der Waals surface area contributed by atoms with Crippen LogP contribution in [0.25, 0.3) is 0 Å². The highest BCUT2D eigenvalue weighted by atomic mass is 32.1. The maximum atomic E-state index is 3.42. The van der Waals surface area contributed by atoms with Gasteiger partial charge in [0, 0.05) is 37.1 Å². The average Bonchev–Trinajstić information content (AvgIpc) is 2.92. The highest BCUT2D eigenvalue weighted by molar-refractivity contribution is 7.10. The summed E-state index contributed by atoms with van der Waals surface area (Å²) in [6.45, 7) is 11.9. The van der Waals surface area contributed by atoms with E-state index in [0.29, 0.717) is 11.5 Å². The van der Waals surface area contributed by atoms with Gasteiger partial charge < -0.3 is 5.32 Å². The van der Waals surface area contributed by atoms with Crippen molar-refractivity contribution in [1.82, 2.24) is 10.2 Å². The van der Waals surface area contributed by atoms with Crippen LogP contribution in [0.5, 0.6) is 0 Å². The molecule has 1 saturated heterocycles. The van der Waals surface area contributed by atoms with Crippen molar-refractivity contribution >= 4 is 11.3 Å². The zero-order valence-electron chi connectivity index (χ0n) is 11.9. The molecule has 1 N–H and O–H groups in total. The normalized spacial score (nSPS) is 19.9. The Labute approximate surface area is 115 Å². The number of hydrogen-bond donors (Lipinski definition) is 1. The van der Waals surface area contributed by atoms with Gasteiger partial charge in [0.05, 0.1) is 0 Å². The molecule has 0 saturated carbocycles. The minimum atomic E-state index is 0.330. The van der Waals surface area contributed by atoms with Gasteiger partial charge in [-0.05, 0) is 36.6 Å². The third kappa shape index (κ3) is 3.56. The Morgan fingerprint density at radius 1 is 1.39 bits per heavy atom. The second-order valence-electron chi connectivity index (χ2n) is 6.03.